The fourth-order valence-corrected chi connectivity index (χ4v) is 2.46. The number of ether oxygens (including phenoxy) is 1. The van der Waals surface area contributed by atoms with E-state index in [9.17, 15) is 9.59 Å². The number of carbonyl (C=O) groups is 2. The van der Waals surface area contributed by atoms with E-state index < -0.39 is 0 Å². The fraction of sp³-hybridized carbons (Fsp3) is 0.333. The van der Waals surface area contributed by atoms with Gasteiger partial charge in [-0.15, -0.1) is 0 Å². The zero-order valence-corrected chi connectivity index (χ0v) is 15.4. The number of Topliss-reactive ketones (excluding diaryl/α,β-unsaturated/α-hetero) is 1. The van der Waals surface area contributed by atoms with Crippen LogP contribution >= 0.6 is 0 Å². The van der Waals surface area contributed by atoms with E-state index in [0.717, 1.165) is 24.3 Å². The molecular formula is C21H26N2O3. The number of benzene rings is 2. The van der Waals surface area contributed by atoms with E-state index in [4.69, 9.17) is 4.74 Å². The summed E-state index contributed by atoms with van der Waals surface area (Å²) in [6, 6.07) is 14.9. The van der Waals surface area contributed by atoms with Gasteiger partial charge in [-0.05, 0) is 61.9 Å². The number of amides is 1. The Labute approximate surface area is 154 Å². The minimum atomic E-state index is -0.0267. The molecule has 0 radical (unpaired) electrons. The van der Waals surface area contributed by atoms with Gasteiger partial charge in [0.2, 0.25) is 5.91 Å². The maximum absolute atomic E-state index is 12.0. The van der Waals surface area contributed by atoms with Gasteiger partial charge in [-0.2, -0.15) is 0 Å². The Hall–Kier alpha value is -2.66. The van der Waals surface area contributed by atoms with Crippen LogP contribution in [-0.4, -0.2) is 24.8 Å². The van der Waals surface area contributed by atoms with Crippen molar-refractivity contribution < 1.29 is 14.3 Å². The molecule has 0 atom stereocenters. The molecule has 1 amide bonds. The minimum absolute atomic E-state index is 0.0267. The Morgan fingerprint density at radius 3 is 2.54 bits per heavy atom. The fourth-order valence-electron chi connectivity index (χ4n) is 2.46. The van der Waals surface area contributed by atoms with Crippen LogP contribution in [0, 0.1) is 0 Å². The Bertz CT molecular complexity index is 726. The van der Waals surface area contributed by atoms with Crippen molar-refractivity contribution in [2.75, 3.05) is 18.5 Å². The van der Waals surface area contributed by atoms with Gasteiger partial charge in [0.1, 0.15) is 5.75 Å². The van der Waals surface area contributed by atoms with Crippen molar-refractivity contribution in [3.63, 3.8) is 0 Å². The molecule has 0 heterocycles. The molecule has 0 saturated heterocycles. The van der Waals surface area contributed by atoms with Crippen molar-refractivity contribution >= 4 is 17.4 Å². The molecule has 0 saturated carbocycles. The highest BCUT2D eigenvalue weighted by Crippen LogP contribution is 2.14. The molecule has 26 heavy (non-hydrogen) atoms. The lowest BCUT2D eigenvalue weighted by atomic mass is 10.1. The normalized spacial score (nSPS) is 10.4. The monoisotopic (exact) mass is 354 g/mol. The van der Waals surface area contributed by atoms with Gasteiger partial charge >= 0.3 is 0 Å². The second-order valence-electron chi connectivity index (χ2n) is 6.06. The lowest BCUT2D eigenvalue weighted by Gasteiger charge is -2.09. The molecule has 138 valence electrons. The number of anilines is 1. The predicted octanol–water partition coefficient (Wildman–Crippen LogP) is 3.80. The molecule has 2 aromatic rings. The van der Waals surface area contributed by atoms with Gasteiger partial charge in [0.25, 0.3) is 0 Å². The third kappa shape index (κ3) is 6.69. The summed E-state index contributed by atoms with van der Waals surface area (Å²) in [7, 11) is 0. The molecule has 0 spiro atoms. The molecule has 2 rings (SSSR count). The number of rotatable bonds is 10. The average Bonchev–Trinajstić information content (AvgIpc) is 2.64. The van der Waals surface area contributed by atoms with Crippen LogP contribution in [0.1, 0.15) is 42.6 Å². The van der Waals surface area contributed by atoms with E-state index >= 15 is 0 Å². The first-order valence-electron chi connectivity index (χ1n) is 8.92. The van der Waals surface area contributed by atoms with Gasteiger partial charge in [0.15, 0.2) is 5.78 Å². The zero-order chi connectivity index (χ0) is 18.8. The summed E-state index contributed by atoms with van der Waals surface area (Å²) < 4.78 is 5.61. The van der Waals surface area contributed by atoms with E-state index in [0.29, 0.717) is 30.8 Å². The summed E-state index contributed by atoms with van der Waals surface area (Å²) >= 11 is 0. The van der Waals surface area contributed by atoms with Gasteiger partial charge < -0.3 is 15.4 Å². The van der Waals surface area contributed by atoms with Crippen molar-refractivity contribution in [3.05, 3.63) is 59.7 Å². The third-order valence-electron chi connectivity index (χ3n) is 3.87. The van der Waals surface area contributed by atoms with Crippen LogP contribution in [0.4, 0.5) is 5.69 Å². The predicted molar refractivity (Wildman–Crippen MR) is 104 cm³/mol. The molecule has 0 aliphatic carbocycles. The summed E-state index contributed by atoms with van der Waals surface area (Å²) in [5.74, 6) is 0.704. The van der Waals surface area contributed by atoms with Gasteiger partial charge in [-0.3, -0.25) is 9.59 Å². The largest absolute Gasteiger partial charge is 0.494 e. The lowest BCUT2D eigenvalue weighted by Crippen LogP contribution is -2.14. The molecule has 5 heteroatoms. The Kier molecular flexibility index (Phi) is 7.83. The number of nitrogens with one attached hydrogen (secondary N) is 2. The highest BCUT2D eigenvalue weighted by atomic mass is 16.5. The summed E-state index contributed by atoms with van der Waals surface area (Å²) in [5, 5.41) is 6.18. The van der Waals surface area contributed by atoms with Crippen LogP contribution in [0.2, 0.25) is 0 Å². The number of carbonyl (C=O) groups excluding carboxylic acids is 2. The van der Waals surface area contributed by atoms with E-state index in [1.54, 1.807) is 24.3 Å². The first-order chi connectivity index (χ1) is 12.6. The lowest BCUT2D eigenvalue weighted by molar-refractivity contribution is -0.116. The Morgan fingerprint density at radius 2 is 1.85 bits per heavy atom. The molecule has 0 fully saturated rings. The molecule has 5 nitrogen and oxygen atoms in total. The quantitative estimate of drug-likeness (QED) is 0.503. The summed E-state index contributed by atoms with van der Waals surface area (Å²) in [4.78, 5) is 23.3. The van der Waals surface area contributed by atoms with Crippen molar-refractivity contribution in [2.24, 2.45) is 0 Å². The van der Waals surface area contributed by atoms with Crippen molar-refractivity contribution in [1.29, 1.82) is 0 Å². The molecule has 2 N–H and O–H groups in total. The van der Waals surface area contributed by atoms with E-state index in [2.05, 4.69) is 17.6 Å². The van der Waals surface area contributed by atoms with Crippen molar-refractivity contribution in [2.45, 2.75) is 33.2 Å². The van der Waals surface area contributed by atoms with Gasteiger partial charge in [-0.1, -0.05) is 19.1 Å². The minimum Gasteiger partial charge on any atom is -0.494 e. The van der Waals surface area contributed by atoms with Gasteiger partial charge in [0.05, 0.1) is 6.61 Å². The molecule has 0 aliphatic heterocycles. The number of hydrogen-bond acceptors (Lipinski definition) is 4. The number of hydrogen-bond donors (Lipinski definition) is 2. The van der Waals surface area contributed by atoms with E-state index in [1.165, 1.54) is 6.92 Å². The molecule has 2 aromatic carbocycles. The molecular weight excluding hydrogens is 328 g/mol. The van der Waals surface area contributed by atoms with Crippen molar-refractivity contribution in [3.8, 4) is 5.75 Å². The molecule has 0 aliphatic rings. The van der Waals surface area contributed by atoms with Crippen LogP contribution in [0.5, 0.6) is 5.75 Å². The van der Waals surface area contributed by atoms with E-state index in [1.807, 2.05) is 24.3 Å². The van der Waals surface area contributed by atoms with Crippen LogP contribution in [0.3, 0.4) is 0 Å². The second-order valence-corrected chi connectivity index (χ2v) is 6.06. The topological polar surface area (TPSA) is 67.4 Å². The SMILES string of the molecule is CCNCc1cccc(NC(=O)CCCOc2ccc(C(C)=O)cc2)c1. The van der Waals surface area contributed by atoms with Crippen LogP contribution in [0.25, 0.3) is 0 Å². The smallest absolute Gasteiger partial charge is 0.224 e. The second kappa shape index (κ2) is 10.4. The Morgan fingerprint density at radius 1 is 1.08 bits per heavy atom. The van der Waals surface area contributed by atoms with Crippen LogP contribution in [-0.2, 0) is 11.3 Å². The number of ketones is 1. The highest BCUT2D eigenvalue weighted by molar-refractivity contribution is 5.94. The first-order valence-corrected chi connectivity index (χ1v) is 8.92. The van der Waals surface area contributed by atoms with Crippen LogP contribution in [0.15, 0.2) is 48.5 Å². The zero-order valence-electron chi connectivity index (χ0n) is 15.4. The van der Waals surface area contributed by atoms with E-state index in [-0.39, 0.29) is 11.7 Å². The average molecular weight is 354 g/mol. The highest BCUT2D eigenvalue weighted by Gasteiger charge is 2.04. The molecule has 0 unspecified atom stereocenters. The maximum Gasteiger partial charge on any atom is 0.224 e. The van der Waals surface area contributed by atoms with Gasteiger partial charge in [-0.25, -0.2) is 0 Å². The third-order valence-corrected chi connectivity index (χ3v) is 3.87. The summed E-state index contributed by atoms with van der Waals surface area (Å²) in [6.45, 7) is 5.74. The first kappa shape index (κ1) is 19.7. The molecule has 0 aromatic heterocycles. The standard InChI is InChI=1S/C21H26N2O3/c1-3-22-15-17-6-4-7-19(14-17)23-21(25)8-5-13-26-20-11-9-18(10-12-20)16(2)24/h4,6-7,9-12,14,22H,3,5,8,13,15H2,1-2H3,(H,23,25). The Balaban J connectivity index is 1.71. The maximum atomic E-state index is 12.0. The summed E-state index contributed by atoms with van der Waals surface area (Å²) in [6.07, 6.45) is 1.01. The van der Waals surface area contributed by atoms with Gasteiger partial charge in [0, 0.05) is 24.2 Å². The summed E-state index contributed by atoms with van der Waals surface area (Å²) in [5.41, 5.74) is 2.61. The van der Waals surface area contributed by atoms with Crippen molar-refractivity contribution in [1.82, 2.24) is 5.32 Å². The van der Waals surface area contributed by atoms with Crippen LogP contribution < -0.4 is 15.4 Å². The molecule has 0 bridgehead atoms.